The highest BCUT2D eigenvalue weighted by atomic mass is 16.2. The first kappa shape index (κ1) is 16.1. The molecule has 0 aliphatic carbocycles. The van der Waals surface area contributed by atoms with Crippen LogP contribution in [0.4, 0.5) is 0 Å². The fraction of sp³-hybridized carbons (Fsp3) is 0.857. The summed E-state index contributed by atoms with van der Waals surface area (Å²) in [6.07, 6.45) is 3.93. The minimum atomic E-state index is -0.377. The number of carbonyl (C=O) groups excluding carboxylic acids is 2. The number of Topliss-reactive ketones (excluding diaryl/α,β-unsaturated/α-hetero) is 1. The third-order valence-corrected chi connectivity index (χ3v) is 3.03. The van der Waals surface area contributed by atoms with Gasteiger partial charge in [-0.15, -0.1) is 0 Å². The van der Waals surface area contributed by atoms with Gasteiger partial charge in [0.15, 0.2) is 5.78 Å². The van der Waals surface area contributed by atoms with Crippen LogP contribution in [0.1, 0.15) is 60.3 Å². The molecule has 0 aromatic rings. The molecule has 0 aliphatic heterocycles. The first-order valence-electron chi connectivity index (χ1n) is 6.63. The highest BCUT2D eigenvalue weighted by Gasteiger charge is 2.23. The molecule has 100 valence electrons. The monoisotopic (exact) mass is 241 g/mol. The Kier molecular flexibility index (Phi) is 7.09. The molecule has 17 heavy (non-hydrogen) atoms. The van der Waals surface area contributed by atoms with Gasteiger partial charge in [0.05, 0.1) is 6.54 Å². The van der Waals surface area contributed by atoms with Gasteiger partial charge in [-0.05, 0) is 12.8 Å². The van der Waals surface area contributed by atoms with Crippen LogP contribution in [0.15, 0.2) is 0 Å². The van der Waals surface area contributed by atoms with Crippen molar-refractivity contribution in [3.63, 3.8) is 0 Å². The van der Waals surface area contributed by atoms with Crippen LogP contribution in [0.2, 0.25) is 0 Å². The van der Waals surface area contributed by atoms with Crippen LogP contribution >= 0.6 is 0 Å². The number of nitrogens with one attached hydrogen (secondary N) is 1. The summed E-state index contributed by atoms with van der Waals surface area (Å²) in [5, 5.41) is 2.76. The highest BCUT2D eigenvalue weighted by Crippen LogP contribution is 2.15. The number of unbranched alkanes of at least 4 members (excludes halogenated alkanes) is 1. The second-order valence-corrected chi connectivity index (χ2v) is 5.64. The molecule has 3 nitrogen and oxygen atoms in total. The SMILES string of the molecule is CCCCC(CC)C(=O)NCC(=O)C(C)(C)C. The van der Waals surface area contributed by atoms with E-state index in [1.165, 1.54) is 0 Å². The van der Waals surface area contributed by atoms with E-state index >= 15 is 0 Å². The smallest absolute Gasteiger partial charge is 0.223 e. The Labute approximate surface area is 105 Å². The van der Waals surface area contributed by atoms with Crippen LogP contribution in [0, 0.1) is 11.3 Å². The minimum absolute atomic E-state index is 0.0264. The van der Waals surface area contributed by atoms with Crippen molar-refractivity contribution in [3.05, 3.63) is 0 Å². The van der Waals surface area contributed by atoms with E-state index in [4.69, 9.17) is 0 Å². The molecule has 3 heteroatoms. The zero-order chi connectivity index (χ0) is 13.5. The van der Waals surface area contributed by atoms with Crippen molar-refractivity contribution in [2.24, 2.45) is 11.3 Å². The van der Waals surface area contributed by atoms with Gasteiger partial charge in [0.2, 0.25) is 5.91 Å². The number of amides is 1. The van der Waals surface area contributed by atoms with Gasteiger partial charge in [-0.1, -0.05) is 47.5 Å². The Hall–Kier alpha value is -0.860. The molecule has 1 N–H and O–H groups in total. The van der Waals surface area contributed by atoms with Crippen LogP contribution in [-0.2, 0) is 9.59 Å². The lowest BCUT2D eigenvalue weighted by atomic mass is 9.90. The van der Waals surface area contributed by atoms with Crippen LogP contribution in [-0.4, -0.2) is 18.2 Å². The summed E-state index contributed by atoms with van der Waals surface area (Å²) in [4.78, 5) is 23.5. The van der Waals surface area contributed by atoms with Crippen molar-refractivity contribution in [1.82, 2.24) is 5.32 Å². The molecular weight excluding hydrogens is 214 g/mol. The molecule has 1 amide bonds. The Morgan fingerprint density at radius 2 is 1.76 bits per heavy atom. The highest BCUT2D eigenvalue weighted by molar-refractivity contribution is 5.89. The third-order valence-electron chi connectivity index (χ3n) is 3.03. The lowest BCUT2D eigenvalue weighted by Gasteiger charge is -2.19. The number of ketones is 1. The first-order chi connectivity index (χ1) is 7.82. The molecule has 0 rings (SSSR count). The molecular formula is C14H27NO2. The van der Waals surface area contributed by atoms with E-state index in [1.54, 1.807) is 0 Å². The minimum Gasteiger partial charge on any atom is -0.349 e. The Bertz CT molecular complexity index is 253. The van der Waals surface area contributed by atoms with Crippen molar-refractivity contribution in [3.8, 4) is 0 Å². The average Bonchev–Trinajstić information content (AvgIpc) is 2.25. The molecule has 0 aliphatic rings. The van der Waals surface area contributed by atoms with Gasteiger partial charge in [-0.2, -0.15) is 0 Å². The summed E-state index contributed by atoms with van der Waals surface area (Å²) in [5.74, 6) is 0.164. The maximum absolute atomic E-state index is 11.8. The fourth-order valence-corrected chi connectivity index (χ4v) is 1.55. The van der Waals surface area contributed by atoms with Crippen LogP contribution in [0.5, 0.6) is 0 Å². The molecule has 0 heterocycles. The summed E-state index contributed by atoms with van der Waals surface area (Å²) in [5.41, 5.74) is -0.377. The predicted octanol–water partition coefficient (Wildman–Crippen LogP) is 2.93. The second-order valence-electron chi connectivity index (χ2n) is 5.64. The first-order valence-corrected chi connectivity index (χ1v) is 6.63. The van der Waals surface area contributed by atoms with Crippen molar-refractivity contribution in [1.29, 1.82) is 0 Å². The lowest BCUT2D eigenvalue weighted by molar-refractivity contribution is -0.130. The molecule has 0 bridgehead atoms. The Morgan fingerprint density at radius 3 is 2.18 bits per heavy atom. The Balaban J connectivity index is 4.11. The van der Waals surface area contributed by atoms with Crippen molar-refractivity contribution < 1.29 is 9.59 Å². The summed E-state index contributed by atoms with van der Waals surface area (Å²) in [6, 6.07) is 0. The lowest BCUT2D eigenvalue weighted by Crippen LogP contribution is -2.38. The number of hydrogen-bond acceptors (Lipinski definition) is 2. The molecule has 0 saturated carbocycles. The van der Waals surface area contributed by atoms with Crippen molar-refractivity contribution >= 4 is 11.7 Å². The van der Waals surface area contributed by atoms with E-state index in [9.17, 15) is 9.59 Å². The summed E-state index contributed by atoms with van der Waals surface area (Å²) in [7, 11) is 0. The van der Waals surface area contributed by atoms with E-state index in [0.29, 0.717) is 0 Å². The van der Waals surface area contributed by atoms with Gasteiger partial charge < -0.3 is 5.32 Å². The molecule has 0 radical (unpaired) electrons. The number of hydrogen-bond donors (Lipinski definition) is 1. The second kappa shape index (κ2) is 7.46. The van der Waals surface area contributed by atoms with Crippen LogP contribution in [0.25, 0.3) is 0 Å². The quantitative estimate of drug-likeness (QED) is 0.745. The van der Waals surface area contributed by atoms with Crippen LogP contribution in [0.3, 0.4) is 0 Å². The van der Waals surface area contributed by atoms with Gasteiger partial charge in [0.1, 0.15) is 0 Å². The number of rotatable bonds is 7. The number of carbonyl (C=O) groups is 2. The molecule has 0 aromatic carbocycles. The zero-order valence-corrected chi connectivity index (χ0v) is 11.9. The van der Waals surface area contributed by atoms with Gasteiger partial charge >= 0.3 is 0 Å². The van der Waals surface area contributed by atoms with E-state index in [2.05, 4.69) is 12.2 Å². The molecule has 1 atom stereocenters. The van der Waals surface area contributed by atoms with Crippen LogP contribution < -0.4 is 5.32 Å². The summed E-state index contributed by atoms with van der Waals surface area (Å²) < 4.78 is 0. The van der Waals surface area contributed by atoms with Crippen molar-refractivity contribution in [2.75, 3.05) is 6.54 Å². The largest absolute Gasteiger partial charge is 0.349 e. The maximum atomic E-state index is 11.8. The summed E-state index contributed by atoms with van der Waals surface area (Å²) >= 11 is 0. The zero-order valence-electron chi connectivity index (χ0n) is 11.9. The van der Waals surface area contributed by atoms with E-state index < -0.39 is 0 Å². The molecule has 0 fully saturated rings. The maximum Gasteiger partial charge on any atom is 0.223 e. The topological polar surface area (TPSA) is 46.2 Å². The molecule has 0 spiro atoms. The third kappa shape index (κ3) is 6.44. The van der Waals surface area contributed by atoms with Gasteiger partial charge in [0, 0.05) is 11.3 Å². The standard InChI is InChI=1S/C14H27NO2/c1-6-8-9-11(7-2)13(17)15-10-12(16)14(3,4)5/h11H,6-10H2,1-5H3,(H,15,17). The van der Waals surface area contributed by atoms with E-state index in [0.717, 1.165) is 25.7 Å². The van der Waals surface area contributed by atoms with E-state index in [-0.39, 0.29) is 29.6 Å². The van der Waals surface area contributed by atoms with Gasteiger partial charge in [-0.3, -0.25) is 9.59 Å². The normalized spacial score (nSPS) is 13.2. The molecule has 0 saturated heterocycles. The fourth-order valence-electron chi connectivity index (χ4n) is 1.55. The Morgan fingerprint density at radius 1 is 1.18 bits per heavy atom. The molecule has 0 aromatic heterocycles. The predicted molar refractivity (Wildman–Crippen MR) is 70.8 cm³/mol. The van der Waals surface area contributed by atoms with Crippen molar-refractivity contribution in [2.45, 2.75) is 60.3 Å². The van der Waals surface area contributed by atoms with Gasteiger partial charge in [0.25, 0.3) is 0 Å². The summed E-state index contributed by atoms with van der Waals surface area (Å²) in [6.45, 7) is 9.91. The average molecular weight is 241 g/mol. The van der Waals surface area contributed by atoms with E-state index in [1.807, 2.05) is 27.7 Å². The van der Waals surface area contributed by atoms with Gasteiger partial charge in [-0.25, -0.2) is 0 Å². The molecule has 1 unspecified atom stereocenters.